The van der Waals surface area contributed by atoms with Crippen LogP contribution in [-0.2, 0) is 0 Å². The Morgan fingerprint density at radius 3 is 1.92 bits per heavy atom. The number of nitrogens with zero attached hydrogens (tertiary/aromatic N) is 1. The molecule has 6 heteroatoms. The summed E-state index contributed by atoms with van der Waals surface area (Å²) in [4.78, 5) is 1.99. The quantitative estimate of drug-likeness (QED) is 0.781. The molecular formula is C7H14Cl2F2N2. The molecule has 0 spiro atoms. The van der Waals surface area contributed by atoms with Crippen molar-refractivity contribution in [2.24, 2.45) is 5.73 Å². The number of nitrogens with two attached hydrogens (primary N) is 1. The van der Waals surface area contributed by atoms with Crippen molar-refractivity contribution in [1.82, 2.24) is 4.90 Å². The minimum absolute atomic E-state index is 0. The summed E-state index contributed by atoms with van der Waals surface area (Å²) in [6.45, 7) is 2.25. The van der Waals surface area contributed by atoms with Crippen LogP contribution in [0.2, 0.25) is 0 Å². The zero-order chi connectivity index (χ0) is 8.11. The number of likely N-dealkylation sites (tertiary alicyclic amines) is 1. The predicted molar refractivity (Wildman–Crippen MR) is 52.0 cm³/mol. The van der Waals surface area contributed by atoms with E-state index in [1.165, 1.54) is 0 Å². The molecule has 1 saturated carbocycles. The molecule has 13 heavy (non-hydrogen) atoms. The van der Waals surface area contributed by atoms with Gasteiger partial charge in [-0.2, -0.15) is 0 Å². The van der Waals surface area contributed by atoms with Gasteiger partial charge in [-0.25, -0.2) is 8.78 Å². The van der Waals surface area contributed by atoms with Crippen LogP contribution < -0.4 is 5.73 Å². The first kappa shape index (κ1) is 13.4. The summed E-state index contributed by atoms with van der Waals surface area (Å²) in [6, 6.07) is 0. The summed E-state index contributed by atoms with van der Waals surface area (Å²) in [6.07, 6.45) is 0.998. The van der Waals surface area contributed by atoms with Gasteiger partial charge < -0.3 is 10.6 Å². The molecule has 1 aliphatic carbocycles. The van der Waals surface area contributed by atoms with Crippen molar-refractivity contribution < 1.29 is 8.78 Å². The summed E-state index contributed by atoms with van der Waals surface area (Å²) in [5.41, 5.74) is 4.26. The molecule has 0 aromatic carbocycles. The second kappa shape index (κ2) is 3.85. The van der Waals surface area contributed by atoms with E-state index in [4.69, 9.17) is 5.73 Å². The molecule has 1 unspecified atom stereocenters. The second-order valence-corrected chi connectivity index (χ2v) is 3.67. The summed E-state index contributed by atoms with van der Waals surface area (Å²) in [5.74, 6) is -2.59. The fourth-order valence-electron chi connectivity index (χ4n) is 1.46. The van der Waals surface area contributed by atoms with Gasteiger partial charge in [0, 0.05) is 13.0 Å². The van der Waals surface area contributed by atoms with Gasteiger partial charge in [0.15, 0.2) is 0 Å². The third kappa shape index (κ3) is 2.24. The van der Waals surface area contributed by atoms with E-state index in [0.29, 0.717) is 6.54 Å². The molecule has 0 aromatic rings. The molecule has 0 bridgehead atoms. The minimum atomic E-state index is -2.59. The van der Waals surface area contributed by atoms with Crippen LogP contribution in [0.15, 0.2) is 0 Å². The lowest BCUT2D eigenvalue weighted by Crippen LogP contribution is -2.48. The molecule has 0 aromatic heterocycles. The van der Waals surface area contributed by atoms with E-state index >= 15 is 0 Å². The SMILES string of the molecule is Cl.Cl.NC1(CN2CCC2)CC1(F)F. The maximum absolute atomic E-state index is 12.5. The van der Waals surface area contributed by atoms with Gasteiger partial charge in [-0.15, -0.1) is 24.8 Å². The third-order valence-corrected chi connectivity index (χ3v) is 2.60. The van der Waals surface area contributed by atoms with Crippen molar-refractivity contribution >= 4 is 24.8 Å². The average Bonchev–Trinajstić information content (AvgIpc) is 2.24. The van der Waals surface area contributed by atoms with E-state index in [1.807, 2.05) is 4.90 Å². The van der Waals surface area contributed by atoms with Crippen LogP contribution in [0, 0.1) is 0 Å². The monoisotopic (exact) mass is 234 g/mol. The molecule has 1 saturated heterocycles. The fraction of sp³-hybridized carbons (Fsp3) is 1.00. The first-order chi connectivity index (χ1) is 5.04. The molecule has 2 aliphatic rings. The van der Waals surface area contributed by atoms with Gasteiger partial charge in [0.25, 0.3) is 5.92 Å². The lowest BCUT2D eigenvalue weighted by molar-refractivity contribution is 0.0648. The highest BCUT2D eigenvalue weighted by Gasteiger charge is 2.69. The lowest BCUT2D eigenvalue weighted by Gasteiger charge is -2.32. The van der Waals surface area contributed by atoms with E-state index in [-0.39, 0.29) is 31.2 Å². The predicted octanol–water partition coefficient (Wildman–Crippen LogP) is 1.27. The first-order valence-electron chi connectivity index (χ1n) is 3.93. The molecule has 1 heterocycles. The highest BCUT2D eigenvalue weighted by Crippen LogP contribution is 2.51. The Balaban J connectivity index is 0.000000720. The fourth-order valence-corrected chi connectivity index (χ4v) is 1.46. The highest BCUT2D eigenvalue weighted by molar-refractivity contribution is 5.85. The molecule has 1 aliphatic heterocycles. The van der Waals surface area contributed by atoms with Crippen molar-refractivity contribution in [3.8, 4) is 0 Å². The van der Waals surface area contributed by atoms with Crippen molar-refractivity contribution in [3.63, 3.8) is 0 Å². The van der Waals surface area contributed by atoms with Crippen LogP contribution in [0.3, 0.4) is 0 Å². The van der Waals surface area contributed by atoms with Gasteiger partial charge in [-0.05, 0) is 19.5 Å². The molecule has 1 atom stereocenters. The molecule has 80 valence electrons. The van der Waals surface area contributed by atoms with E-state index in [1.54, 1.807) is 0 Å². The molecule has 2 N–H and O–H groups in total. The van der Waals surface area contributed by atoms with Crippen LogP contribution in [0.4, 0.5) is 8.78 Å². The Morgan fingerprint density at radius 1 is 1.23 bits per heavy atom. The smallest absolute Gasteiger partial charge is 0.269 e. The number of alkyl halides is 2. The van der Waals surface area contributed by atoms with Crippen molar-refractivity contribution in [2.45, 2.75) is 24.3 Å². The number of rotatable bonds is 2. The third-order valence-electron chi connectivity index (χ3n) is 2.60. The topological polar surface area (TPSA) is 29.3 Å². The van der Waals surface area contributed by atoms with Crippen LogP contribution >= 0.6 is 24.8 Å². The van der Waals surface area contributed by atoms with E-state index in [9.17, 15) is 8.78 Å². The van der Waals surface area contributed by atoms with Crippen molar-refractivity contribution in [1.29, 1.82) is 0 Å². The Bertz CT molecular complexity index is 187. The summed E-state index contributed by atoms with van der Waals surface area (Å²) < 4.78 is 25.1. The van der Waals surface area contributed by atoms with Crippen LogP contribution in [0.1, 0.15) is 12.8 Å². The van der Waals surface area contributed by atoms with E-state index in [2.05, 4.69) is 0 Å². The Labute approximate surface area is 88.7 Å². The van der Waals surface area contributed by atoms with Gasteiger partial charge in [0.1, 0.15) is 0 Å². The minimum Gasteiger partial charge on any atom is -0.319 e. The van der Waals surface area contributed by atoms with Crippen molar-refractivity contribution in [2.75, 3.05) is 19.6 Å². The van der Waals surface area contributed by atoms with Crippen LogP contribution in [0.5, 0.6) is 0 Å². The molecule has 0 radical (unpaired) electrons. The van der Waals surface area contributed by atoms with E-state index < -0.39 is 11.5 Å². The Hall–Kier alpha value is 0.360. The molecule has 2 nitrogen and oxygen atoms in total. The largest absolute Gasteiger partial charge is 0.319 e. The van der Waals surface area contributed by atoms with Crippen LogP contribution in [-0.4, -0.2) is 36.0 Å². The standard InChI is InChI=1S/C7H12F2N2.2ClH/c8-7(9)4-6(7,10)5-11-2-1-3-11;;/h1-5,10H2;2*1H. The maximum atomic E-state index is 12.5. The van der Waals surface area contributed by atoms with Gasteiger partial charge in [-0.1, -0.05) is 0 Å². The normalized spacial score (nSPS) is 35.3. The number of halogens is 4. The first-order valence-corrected chi connectivity index (χ1v) is 3.93. The average molecular weight is 235 g/mol. The molecule has 2 fully saturated rings. The summed E-state index contributed by atoms with van der Waals surface area (Å²) >= 11 is 0. The van der Waals surface area contributed by atoms with Gasteiger partial charge in [0.05, 0.1) is 5.54 Å². The second-order valence-electron chi connectivity index (χ2n) is 3.67. The molecular weight excluding hydrogens is 221 g/mol. The van der Waals surface area contributed by atoms with Gasteiger partial charge in [0.2, 0.25) is 0 Å². The Morgan fingerprint density at radius 2 is 1.69 bits per heavy atom. The summed E-state index contributed by atoms with van der Waals surface area (Å²) in [7, 11) is 0. The Kier molecular flexibility index (Phi) is 3.95. The zero-order valence-electron chi connectivity index (χ0n) is 7.13. The number of hydrogen-bond acceptors (Lipinski definition) is 2. The highest BCUT2D eigenvalue weighted by atomic mass is 35.5. The number of hydrogen-bond donors (Lipinski definition) is 1. The zero-order valence-corrected chi connectivity index (χ0v) is 8.77. The molecule has 0 amide bonds. The summed E-state index contributed by atoms with van der Waals surface area (Å²) in [5, 5.41) is 0. The lowest BCUT2D eigenvalue weighted by atomic mass is 10.1. The van der Waals surface area contributed by atoms with E-state index in [0.717, 1.165) is 19.5 Å². The molecule has 2 rings (SSSR count). The van der Waals surface area contributed by atoms with Gasteiger partial charge >= 0.3 is 0 Å². The van der Waals surface area contributed by atoms with Gasteiger partial charge in [-0.3, -0.25) is 0 Å². The van der Waals surface area contributed by atoms with Crippen LogP contribution in [0.25, 0.3) is 0 Å². The van der Waals surface area contributed by atoms with Crippen molar-refractivity contribution in [3.05, 3.63) is 0 Å². The maximum Gasteiger partial charge on any atom is 0.269 e.